The van der Waals surface area contributed by atoms with Crippen molar-refractivity contribution in [2.24, 2.45) is 0 Å². The normalized spacial score (nSPS) is 16.5. The molecular weight excluding hydrogens is 438 g/mol. The van der Waals surface area contributed by atoms with E-state index in [1.807, 2.05) is 36.1 Å². The Labute approximate surface area is 199 Å². The fourth-order valence-corrected chi connectivity index (χ4v) is 4.65. The van der Waals surface area contributed by atoms with Crippen LogP contribution >= 0.6 is 12.2 Å². The van der Waals surface area contributed by atoms with E-state index < -0.39 is 0 Å². The number of rotatable bonds is 4. The van der Waals surface area contributed by atoms with Gasteiger partial charge in [0.15, 0.2) is 5.11 Å². The van der Waals surface area contributed by atoms with E-state index in [1.165, 1.54) is 6.42 Å². The molecular formula is C24H29N5O3S. The van der Waals surface area contributed by atoms with Crippen LogP contribution in [0.5, 0.6) is 0 Å². The van der Waals surface area contributed by atoms with Crippen LogP contribution in [0.2, 0.25) is 0 Å². The number of anilines is 2. The lowest BCUT2D eigenvalue weighted by molar-refractivity contribution is -0.384. The highest BCUT2D eigenvalue weighted by Gasteiger charge is 2.25. The Morgan fingerprint density at radius 1 is 0.939 bits per heavy atom. The van der Waals surface area contributed by atoms with Gasteiger partial charge in [0.05, 0.1) is 4.92 Å². The van der Waals surface area contributed by atoms with E-state index in [1.54, 1.807) is 18.2 Å². The zero-order valence-corrected chi connectivity index (χ0v) is 19.6. The number of carbonyl (C=O) groups excluding carboxylic acids is 1. The van der Waals surface area contributed by atoms with Gasteiger partial charge in [0, 0.05) is 56.6 Å². The summed E-state index contributed by atoms with van der Waals surface area (Å²) in [5, 5.41) is 14.8. The summed E-state index contributed by atoms with van der Waals surface area (Å²) in [6.07, 6.45) is 3.30. The molecule has 2 aliphatic heterocycles. The molecule has 2 aromatic carbocycles. The van der Waals surface area contributed by atoms with Gasteiger partial charge < -0.3 is 14.7 Å². The molecule has 2 heterocycles. The minimum Gasteiger partial charge on any atom is -0.368 e. The van der Waals surface area contributed by atoms with Crippen molar-refractivity contribution in [2.75, 3.05) is 49.1 Å². The molecule has 0 atom stereocenters. The minimum absolute atomic E-state index is 0.166. The molecule has 2 saturated heterocycles. The lowest BCUT2D eigenvalue weighted by Gasteiger charge is -2.37. The van der Waals surface area contributed by atoms with Gasteiger partial charge in [-0.2, -0.15) is 0 Å². The predicted octanol–water partition coefficient (Wildman–Crippen LogP) is 3.73. The molecule has 2 fully saturated rings. The highest BCUT2D eigenvalue weighted by molar-refractivity contribution is 7.80. The van der Waals surface area contributed by atoms with Gasteiger partial charge in [-0.05, 0) is 62.7 Å². The first-order valence-electron chi connectivity index (χ1n) is 11.4. The Bertz CT molecular complexity index is 1030. The molecule has 2 aliphatic rings. The molecule has 0 unspecified atom stereocenters. The fraction of sp³-hybridized carbons (Fsp3) is 0.417. The fourth-order valence-electron chi connectivity index (χ4n) is 4.37. The molecule has 0 aliphatic carbocycles. The van der Waals surface area contributed by atoms with Crippen LogP contribution in [-0.4, -0.2) is 60.1 Å². The molecule has 1 N–H and O–H groups in total. The lowest BCUT2D eigenvalue weighted by Crippen LogP contribution is -2.52. The van der Waals surface area contributed by atoms with Crippen molar-refractivity contribution in [3.63, 3.8) is 0 Å². The Kier molecular flexibility index (Phi) is 7.08. The standard InChI is InChI=1S/C24H29N5O3S/c1-18-5-7-19(8-6-18)23(30)25-24(33)28-15-13-26(14-16-28)20-9-10-21(29(31)32)22(17-20)27-11-3-2-4-12-27/h5-10,17H,2-4,11-16H2,1H3,(H,25,30,33). The van der Waals surface area contributed by atoms with E-state index in [0.29, 0.717) is 29.5 Å². The lowest BCUT2D eigenvalue weighted by atomic mass is 10.1. The third kappa shape index (κ3) is 5.42. The number of hydrogen-bond donors (Lipinski definition) is 1. The summed E-state index contributed by atoms with van der Waals surface area (Å²) in [6.45, 7) is 6.47. The number of nitro benzene ring substituents is 1. The molecule has 0 bridgehead atoms. The second-order valence-corrected chi connectivity index (χ2v) is 8.96. The summed E-state index contributed by atoms with van der Waals surface area (Å²) in [6, 6.07) is 12.8. The predicted molar refractivity (Wildman–Crippen MR) is 134 cm³/mol. The number of piperidine rings is 1. The number of nitrogens with one attached hydrogen (secondary N) is 1. The summed E-state index contributed by atoms with van der Waals surface area (Å²) in [5.41, 5.74) is 3.54. The molecule has 0 radical (unpaired) electrons. The minimum atomic E-state index is -0.291. The van der Waals surface area contributed by atoms with Crippen LogP contribution in [0, 0.1) is 17.0 Å². The van der Waals surface area contributed by atoms with Crippen LogP contribution in [0.3, 0.4) is 0 Å². The van der Waals surface area contributed by atoms with E-state index in [9.17, 15) is 14.9 Å². The van der Waals surface area contributed by atoms with E-state index in [-0.39, 0.29) is 16.5 Å². The third-order valence-electron chi connectivity index (χ3n) is 6.32. The van der Waals surface area contributed by atoms with Gasteiger partial charge in [-0.25, -0.2) is 0 Å². The summed E-state index contributed by atoms with van der Waals surface area (Å²) in [4.78, 5) is 30.1. The Morgan fingerprint density at radius 2 is 1.61 bits per heavy atom. The third-order valence-corrected chi connectivity index (χ3v) is 6.68. The van der Waals surface area contributed by atoms with Crippen molar-refractivity contribution in [3.8, 4) is 0 Å². The van der Waals surface area contributed by atoms with Gasteiger partial charge in [0.1, 0.15) is 5.69 Å². The van der Waals surface area contributed by atoms with Crippen LogP contribution in [0.4, 0.5) is 17.1 Å². The number of amides is 1. The SMILES string of the molecule is Cc1ccc(C(=O)NC(=S)N2CCN(c3ccc([N+](=O)[O-])c(N4CCCCC4)c3)CC2)cc1. The number of piperazine rings is 1. The first kappa shape index (κ1) is 23.0. The van der Waals surface area contributed by atoms with E-state index in [4.69, 9.17) is 12.2 Å². The summed E-state index contributed by atoms with van der Waals surface area (Å²) in [5.74, 6) is -0.205. The maximum atomic E-state index is 12.5. The Morgan fingerprint density at radius 3 is 2.24 bits per heavy atom. The van der Waals surface area contributed by atoms with Crippen molar-refractivity contribution >= 4 is 40.3 Å². The summed E-state index contributed by atoms with van der Waals surface area (Å²) in [7, 11) is 0. The molecule has 9 heteroatoms. The number of benzene rings is 2. The van der Waals surface area contributed by atoms with Crippen LogP contribution in [-0.2, 0) is 0 Å². The molecule has 2 aromatic rings. The van der Waals surface area contributed by atoms with Crippen LogP contribution in [0.25, 0.3) is 0 Å². The number of aryl methyl sites for hydroxylation is 1. The van der Waals surface area contributed by atoms with Crippen LogP contribution in [0.15, 0.2) is 42.5 Å². The number of thiocarbonyl (C=S) groups is 1. The first-order chi connectivity index (χ1) is 15.9. The molecule has 8 nitrogen and oxygen atoms in total. The maximum absolute atomic E-state index is 12.5. The summed E-state index contributed by atoms with van der Waals surface area (Å²) >= 11 is 5.48. The topological polar surface area (TPSA) is 82.0 Å². The van der Waals surface area contributed by atoms with E-state index in [0.717, 1.165) is 50.3 Å². The molecule has 174 valence electrons. The Balaban J connectivity index is 1.39. The quantitative estimate of drug-likeness (QED) is 0.417. The van der Waals surface area contributed by atoms with Crippen molar-refractivity contribution in [3.05, 3.63) is 63.7 Å². The Hall–Kier alpha value is -3.20. The van der Waals surface area contributed by atoms with Crippen molar-refractivity contribution in [1.29, 1.82) is 0 Å². The van der Waals surface area contributed by atoms with Crippen molar-refractivity contribution < 1.29 is 9.72 Å². The molecule has 0 aromatic heterocycles. The molecule has 4 rings (SSSR count). The summed E-state index contributed by atoms with van der Waals surface area (Å²) < 4.78 is 0. The van der Waals surface area contributed by atoms with E-state index >= 15 is 0 Å². The highest BCUT2D eigenvalue weighted by atomic mass is 32.1. The van der Waals surface area contributed by atoms with Crippen LogP contribution < -0.4 is 15.1 Å². The highest BCUT2D eigenvalue weighted by Crippen LogP contribution is 2.34. The zero-order chi connectivity index (χ0) is 23.4. The molecule has 0 spiro atoms. The zero-order valence-electron chi connectivity index (χ0n) is 18.8. The second-order valence-electron chi connectivity index (χ2n) is 8.58. The first-order valence-corrected chi connectivity index (χ1v) is 11.8. The van der Waals surface area contributed by atoms with Crippen molar-refractivity contribution in [1.82, 2.24) is 10.2 Å². The van der Waals surface area contributed by atoms with Crippen molar-refractivity contribution in [2.45, 2.75) is 26.2 Å². The second kappa shape index (κ2) is 10.2. The van der Waals surface area contributed by atoms with Gasteiger partial charge in [-0.3, -0.25) is 20.2 Å². The van der Waals surface area contributed by atoms with E-state index in [2.05, 4.69) is 15.1 Å². The number of nitrogens with zero attached hydrogens (tertiary/aromatic N) is 4. The molecule has 0 saturated carbocycles. The largest absolute Gasteiger partial charge is 0.368 e. The number of nitro groups is 1. The smallest absolute Gasteiger partial charge is 0.292 e. The average Bonchev–Trinajstić information content (AvgIpc) is 2.84. The average molecular weight is 468 g/mol. The van der Waals surface area contributed by atoms with Crippen LogP contribution in [0.1, 0.15) is 35.2 Å². The van der Waals surface area contributed by atoms with Gasteiger partial charge in [0.2, 0.25) is 0 Å². The number of hydrogen-bond acceptors (Lipinski definition) is 6. The van der Waals surface area contributed by atoms with Gasteiger partial charge >= 0.3 is 0 Å². The molecule has 33 heavy (non-hydrogen) atoms. The van der Waals surface area contributed by atoms with Gasteiger partial charge in [-0.15, -0.1) is 0 Å². The van der Waals surface area contributed by atoms with Gasteiger partial charge in [-0.1, -0.05) is 17.7 Å². The number of carbonyl (C=O) groups is 1. The monoisotopic (exact) mass is 467 g/mol. The maximum Gasteiger partial charge on any atom is 0.292 e. The molecule has 1 amide bonds. The van der Waals surface area contributed by atoms with Gasteiger partial charge in [0.25, 0.3) is 11.6 Å².